The minimum atomic E-state index is 0.0901. The standard InChI is InChI=1S/C17H23NO2/c1-6-18-17(14-10-12(3)20-13(14)4)15-9-11(2)7-8-16(15)19-5/h7-10,17-18H,6H2,1-5H3. The highest BCUT2D eigenvalue weighted by atomic mass is 16.5. The molecule has 0 fully saturated rings. The van der Waals surface area contributed by atoms with E-state index < -0.39 is 0 Å². The topological polar surface area (TPSA) is 34.4 Å². The summed E-state index contributed by atoms with van der Waals surface area (Å²) in [5.41, 5.74) is 3.55. The van der Waals surface area contributed by atoms with E-state index in [1.807, 2.05) is 19.9 Å². The van der Waals surface area contributed by atoms with E-state index in [1.54, 1.807) is 7.11 Å². The van der Waals surface area contributed by atoms with Gasteiger partial charge in [-0.15, -0.1) is 0 Å². The number of rotatable bonds is 5. The van der Waals surface area contributed by atoms with Gasteiger partial charge < -0.3 is 14.5 Å². The maximum atomic E-state index is 5.69. The van der Waals surface area contributed by atoms with Crippen LogP contribution in [0.25, 0.3) is 0 Å². The van der Waals surface area contributed by atoms with Gasteiger partial charge in [-0.1, -0.05) is 24.6 Å². The minimum Gasteiger partial charge on any atom is -0.496 e. The van der Waals surface area contributed by atoms with Crippen molar-refractivity contribution < 1.29 is 9.15 Å². The summed E-state index contributed by atoms with van der Waals surface area (Å²) in [6.45, 7) is 9.07. The Morgan fingerprint density at radius 2 is 1.90 bits per heavy atom. The van der Waals surface area contributed by atoms with E-state index in [4.69, 9.17) is 9.15 Å². The number of methoxy groups -OCH3 is 1. The van der Waals surface area contributed by atoms with Gasteiger partial charge in [0.2, 0.25) is 0 Å². The molecule has 0 radical (unpaired) electrons. The molecule has 1 aromatic carbocycles. The molecule has 1 unspecified atom stereocenters. The third kappa shape index (κ3) is 2.88. The Morgan fingerprint density at radius 3 is 2.45 bits per heavy atom. The summed E-state index contributed by atoms with van der Waals surface area (Å²) >= 11 is 0. The molecule has 2 rings (SSSR count). The van der Waals surface area contributed by atoms with Crippen LogP contribution in [0.1, 0.15) is 41.2 Å². The molecule has 0 aliphatic carbocycles. The van der Waals surface area contributed by atoms with Gasteiger partial charge in [0.05, 0.1) is 13.2 Å². The molecule has 0 saturated carbocycles. The zero-order valence-corrected chi connectivity index (χ0v) is 12.9. The van der Waals surface area contributed by atoms with Crippen LogP contribution in [0.5, 0.6) is 5.75 Å². The third-order valence-electron chi connectivity index (χ3n) is 3.49. The fourth-order valence-electron chi connectivity index (χ4n) is 2.61. The quantitative estimate of drug-likeness (QED) is 0.896. The minimum absolute atomic E-state index is 0.0901. The first-order valence-corrected chi connectivity index (χ1v) is 7.01. The Bertz CT molecular complexity index is 587. The fourth-order valence-corrected chi connectivity index (χ4v) is 2.61. The molecule has 20 heavy (non-hydrogen) atoms. The highest BCUT2D eigenvalue weighted by Gasteiger charge is 2.21. The molecule has 0 amide bonds. The second kappa shape index (κ2) is 6.14. The third-order valence-corrected chi connectivity index (χ3v) is 3.49. The summed E-state index contributed by atoms with van der Waals surface area (Å²) < 4.78 is 11.2. The second-order valence-electron chi connectivity index (χ2n) is 5.10. The Kier molecular flexibility index (Phi) is 4.50. The van der Waals surface area contributed by atoms with Crippen molar-refractivity contribution in [1.82, 2.24) is 5.32 Å². The van der Waals surface area contributed by atoms with Crippen LogP contribution in [0.15, 0.2) is 28.7 Å². The van der Waals surface area contributed by atoms with Crippen LogP contribution in [-0.4, -0.2) is 13.7 Å². The van der Waals surface area contributed by atoms with Gasteiger partial charge in [0.25, 0.3) is 0 Å². The van der Waals surface area contributed by atoms with E-state index >= 15 is 0 Å². The molecular formula is C17H23NO2. The van der Waals surface area contributed by atoms with Crippen LogP contribution < -0.4 is 10.1 Å². The second-order valence-corrected chi connectivity index (χ2v) is 5.10. The van der Waals surface area contributed by atoms with Gasteiger partial charge in [0, 0.05) is 11.1 Å². The van der Waals surface area contributed by atoms with E-state index in [1.165, 1.54) is 11.1 Å². The Balaban J connectivity index is 2.53. The monoisotopic (exact) mass is 273 g/mol. The molecule has 0 aliphatic rings. The van der Waals surface area contributed by atoms with Crippen LogP contribution >= 0.6 is 0 Å². The molecule has 0 spiro atoms. The van der Waals surface area contributed by atoms with Crippen molar-refractivity contribution in [3.63, 3.8) is 0 Å². The van der Waals surface area contributed by atoms with Crippen LogP contribution in [0.4, 0.5) is 0 Å². The van der Waals surface area contributed by atoms with Crippen molar-refractivity contribution in [2.75, 3.05) is 13.7 Å². The van der Waals surface area contributed by atoms with Gasteiger partial charge in [-0.25, -0.2) is 0 Å². The number of hydrogen-bond donors (Lipinski definition) is 1. The lowest BCUT2D eigenvalue weighted by atomic mass is 9.96. The van der Waals surface area contributed by atoms with Gasteiger partial charge in [-0.05, 0) is 39.4 Å². The van der Waals surface area contributed by atoms with Crippen LogP contribution in [0, 0.1) is 20.8 Å². The Hall–Kier alpha value is -1.74. The van der Waals surface area contributed by atoms with Crippen molar-refractivity contribution >= 4 is 0 Å². The van der Waals surface area contributed by atoms with Gasteiger partial charge in [-0.2, -0.15) is 0 Å². The molecule has 108 valence electrons. The fraction of sp³-hybridized carbons (Fsp3) is 0.412. The molecule has 2 aromatic rings. The predicted octanol–water partition coefficient (Wildman–Crippen LogP) is 3.91. The van der Waals surface area contributed by atoms with Crippen molar-refractivity contribution in [3.05, 3.63) is 52.5 Å². The van der Waals surface area contributed by atoms with Gasteiger partial charge >= 0.3 is 0 Å². The van der Waals surface area contributed by atoms with Crippen LogP contribution in [-0.2, 0) is 0 Å². The molecule has 1 aromatic heterocycles. The highest BCUT2D eigenvalue weighted by molar-refractivity contribution is 5.44. The maximum Gasteiger partial charge on any atom is 0.124 e. The first kappa shape index (κ1) is 14.7. The largest absolute Gasteiger partial charge is 0.496 e. The smallest absolute Gasteiger partial charge is 0.124 e. The molecule has 1 atom stereocenters. The highest BCUT2D eigenvalue weighted by Crippen LogP contribution is 2.33. The molecule has 0 saturated heterocycles. The average Bonchev–Trinajstić information content (AvgIpc) is 2.75. The molecule has 0 aliphatic heterocycles. The van der Waals surface area contributed by atoms with Crippen molar-refractivity contribution in [2.24, 2.45) is 0 Å². The number of furan rings is 1. The normalized spacial score (nSPS) is 12.4. The SMILES string of the molecule is CCNC(c1cc(C)ccc1OC)c1cc(C)oc1C. The number of benzene rings is 1. The summed E-state index contributed by atoms with van der Waals surface area (Å²) in [5, 5.41) is 3.53. The van der Waals surface area contributed by atoms with Crippen molar-refractivity contribution in [3.8, 4) is 5.75 Å². The summed E-state index contributed by atoms with van der Waals surface area (Å²) in [6, 6.07) is 8.46. The lowest BCUT2D eigenvalue weighted by Crippen LogP contribution is -2.22. The summed E-state index contributed by atoms with van der Waals surface area (Å²) in [4.78, 5) is 0. The van der Waals surface area contributed by atoms with Crippen LogP contribution in [0.3, 0.4) is 0 Å². The van der Waals surface area contributed by atoms with Crippen molar-refractivity contribution in [1.29, 1.82) is 0 Å². The summed E-state index contributed by atoms with van der Waals surface area (Å²) in [5.74, 6) is 2.80. The zero-order valence-electron chi connectivity index (χ0n) is 12.9. The Labute approximate surface area is 121 Å². The Morgan fingerprint density at radius 1 is 1.15 bits per heavy atom. The van der Waals surface area contributed by atoms with E-state index in [0.29, 0.717) is 0 Å². The van der Waals surface area contributed by atoms with Gasteiger partial charge in [0.15, 0.2) is 0 Å². The van der Waals surface area contributed by atoms with E-state index in [-0.39, 0.29) is 6.04 Å². The molecule has 1 N–H and O–H groups in total. The first-order chi connectivity index (χ1) is 9.56. The van der Waals surface area contributed by atoms with Gasteiger partial charge in [0.1, 0.15) is 17.3 Å². The molecule has 3 heteroatoms. The lowest BCUT2D eigenvalue weighted by molar-refractivity contribution is 0.403. The lowest BCUT2D eigenvalue weighted by Gasteiger charge is -2.21. The predicted molar refractivity (Wildman–Crippen MR) is 81.4 cm³/mol. The number of ether oxygens (including phenoxy) is 1. The molecule has 1 heterocycles. The number of aryl methyl sites for hydroxylation is 3. The summed E-state index contributed by atoms with van der Waals surface area (Å²) in [7, 11) is 1.71. The van der Waals surface area contributed by atoms with E-state index in [2.05, 4.69) is 37.4 Å². The van der Waals surface area contributed by atoms with Gasteiger partial charge in [-0.3, -0.25) is 0 Å². The zero-order chi connectivity index (χ0) is 14.7. The average molecular weight is 273 g/mol. The van der Waals surface area contributed by atoms with Crippen molar-refractivity contribution in [2.45, 2.75) is 33.7 Å². The number of nitrogens with one attached hydrogen (secondary N) is 1. The summed E-state index contributed by atoms with van der Waals surface area (Å²) in [6.07, 6.45) is 0. The van der Waals surface area contributed by atoms with E-state index in [9.17, 15) is 0 Å². The van der Waals surface area contributed by atoms with Crippen LogP contribution in [0.2, 0.25) is 0 Å². The first-order valence-electron chi connectivity index (χ1n) is 7.01. The molecular weight excluding hydrogens is 250 g/mol. The maximum absolute atomic E-state index is 5.69. The molecule has 0 bridgehead atoms. The van der Waals surface area contributed by atoms with E-state index in [0.717, 1.165) is 29.4 Å². The molecule has 3 nitrogen and oxygen atoms in total. The number of hydrogen-bond acceptors (Lipinski definition) is 3.